The zero-order valence-corrected chi connectivity index (χ0v) is 26.3. The van der Waals surface area contributed by atoms with Gasteiger partial charge in [0.25, 0.3) is 0 Å². The lowest BCUT2D eigenvalue weighted by Gasteiger charge is -2.36. The quantitative estimate of drug-likeness (QED) is 0.133. The lowest BCUT2D eigenvalue weighted by molar-refractivity contribution is -0.129. The molecule has 1 aliphatic heterocycles. The van der Waals surface area contributed by atoms with Gasteiger partial charge in [-0.3, -0.25) is 9.48 Å². The number of aryl methyl sites for hydroxylation is 1. The molecule has 2 unspecified atom stereocenters. The average Bonchev–Trinajstić information content (AvgIpc) is 3.81. The van der Waals surface area contributed by atoms with Gasteiger partial charge in [0, 0.05) is 49.3 Å². The van der Waals surface area contributed by atoms with Crippen molar-refractivity contribution in [3.8, 4) is 39.5 Å². The molecule has 0 radical (unpaired) electrons. The third-order valence-corrected chi connectivity index (χ3v) is 8.66. The minimum atomic E-state index is -0.834. The fourth-order valence-electron chi connectivity index (χ4n) is 6.36. The fourth-order valence-corrected chi connectivity index (χ4v) is 6.36. The second-order valence-corrected chi connectivity index (χ2v) is 11.6. The molecular formula is C35H32F2N6O4. The molecule has 0 aliphatic carbocycles. The van der Waals surface area contributed by atoms with E-state index in [2.05, 4.69) is 11.6 Å². The molecule has 0 saturated heterocycles. The highest BCUT2D eigenvalue weighted by Gasteiger charge is 2.34. The van der Waals surface area contributed by atoms with E-state index in [4.69, 9.17) is 24.0 Å². The molecule has 1 aliphatic rings. The maximum absolute atomic E-state index is 16.1. The van der Waals surface area contributed by atoms with Crippen LogP contribution in [0.15, 0.2) is 72.1 Å². The Hall–Kier alpha value is -5.36. The van der Waals surface area contributed by atoms with Crippen molar-refractivity contribution in [3.63, 3.8) is 0 Å². The average molecular weight is 639 g/mol. The summed E-state index contributed by atoms with van der Waals surface area (Å²) in [5.41, 5.74) is 5.23. The van der Waals surface area contributed by atoms with Crippen LogP contribution in [0.25, 0.3) is 55.8 Å². The number of hydrogen-bond acceptors (Lipinski definition) is 7. The molecule has 0 bridgehead atoms. The summed E-state index contributed by atoms with van der Waals surface area (Å²) in [4.78, 5) is 24.1. The highest BCUT2D eigenvalue weighted by Crippen LogP contribution is 2.46. The lowest BCUT2D eigenvalue weighted by atomic mass is 9.94. The molecule has 0 fully saturated rings. The van der Waals surface area contributed by atoms with E-state index in [1.54, 1.807) is 17.3 Å². The first-order valence-corrected chi connectivity index (χ1v) is 15.2. The van der Waals surface area contributed by atoms with Crippen molar-refractivity contribution in [2.75, 3.05) is 26.9 Å². The molecule has 7 rings (SSSR count). The Morgan fingerprint density at radius 2 is 1.94 bits per heavy atom. The number of benzene rings is 2. The normalized spacial score (nSPS) is 16.2. The molecule has 12 heteroatoms. The molecule has 4 aromatic heterocycles. The van der Waals surface area contributed by atoms with Gasteiger partial charge in [0.1, 0.15) is 41.1 Å². The molecule has 0 N–H and O–H groups in total. The molecule has 6 aromatic rings. The molecule has 1 amide bonds. The third kappa shape index (κ3) is 5.05. The van der Waals surface area contributed by atoms with Crippen molar-refractivity contribution in [2.45, 2.75) is 25.9 Å². The second kappa shape index (κ2) is 11.8. The summed E-state index contributed by atoms with van der Waals surface area (Å²) >= 11 is 0. The third-order valence-electron chi connectivity index (χ3n) is 8.66. The first-order chi connectivity index (χ1) is 22.7. The molecule has 0 spiro atoms. The smallest absolute Gasteiger partial charge is 0.246 e. The van der Waals surface area contributed by atoms with Crippen molar-refractivity contribution in [3.05, 3.63) is 85.0 Å². The number of furan rings is 1. The van der Waals surface area contributed by atoms with E-state index in [9.17, 15) is 9.18 Å². The number of carbonyl (C=O) groups excluding carboxylic acids is 1. The maximum Gasteiger partial charge on any atom is 0.246 e. The number of ether oxygens (including phenoxy) is 2. The van der Waals surface area contributed by atoms with Crippen LogP contribution in [0.4, 0.5) is 8.78 Å². The number of amides is 1. The molecule has 5 heterocycles. The van der Waals surface area contributed by atoms with Crippen LogP contribution in [0.3, 0.4) is 0 Å². The molecule has 2 aromatic carbocycles. The predicted molar refractivity (Wildman–Crippen MR) is 173 cm³/mol. The minimum Gasteiger partial charge on any atom is -0.490 e. The number of halogens is 2. The van der Waals surface area contributed by atoms with E-state index >= 15 is 4.39 Å². The topological polar surface area (TPSA) is 100 Å². The molecule has 0 saturated carbocycles. The minimum absolute atomic E-state index is 0.0126. The number of nitrogens with zero attached hydrogens (tertiary/aromatic N) is 6. The highest BCUT2D eigenvalue weighted by atomic mass is 19.1. The first kappa shape index (κ1) is 30.3. The van der Waals surface area contributed by atoms with Crippen LogP contribution in [0.2, 0.25) is 0 Å². The summed E-state index contributed by atoms with van der Waals surface area (Å²) in [6.07, 6.45) is 4.55. The number of rotatable bonds is 8. The van der Waals surface area contributed by atoms with E-state index in [0.29, 0.717) is 40.2 Å². The predicted octanol–water partition coefficient (Wildman–Crippen LogP) is 6.87. The SMILES string of the molecule is C=CC(=O)N1CC(C)n2nc(-c3nc(-c4ccc5c(c4)ncn5C)c4occc4c3-c3c(F)cc(F)cc3OCCOC)cc2C1C. The van der Waals surface area contributed by atoms with Crippen LogP contribution < -0.4 is 4.74 Å². The number of fused-ring (bicyclic) bond motifs is 3. The number of imidazole rings is 1. The highest BCUT2D eigenvalue weighted by molar-refractivity contribution is 6.07. The van der Waals surface area contributed by atoms with E-state index < -0.39 is 11.6 Å². The van der Waals surface area contributed by atoms with Gasteiger partial charge in [0.05, 0.1) is 53.6 Å². The van der Waals surface area contributed by atoms with Gasteiger partial charge in [-0.25, -0.2) is 18.7 Å². The Labute approximate surface area is 268 Å². The Balaban J connectivity index is 1.52. The Bertz CT molecular complexity index is 2180. The molecule has 47 heavy (non-hydrogen) atoms. The summed E-state index contributed by atoms with van der Waals surface area (Å²) in [5, 5.41) is 5.51. The Kier molecular flexibility index (Phi) is 7.59. The van der Waals surface area contributed by atoms with Crippen LogP contribution >= 0.6 is 0 Å². The summed E-state index contributed by atoms with van der Waals surface area (Å²) in [5.74, 6) is -1.82. The van der Waals surface area contributed by atoms with Crippen molar-refractivity contribution < 1.29 is 27.5 Å². The summed E-state index contributed by atoms with van der Waals surface area (Å²) < 4.78 is 51.5. The molecule has 10 nitrogen and oxygen atoms in total. The van der Waals surface area contributed by atoms with Crippen molar-refractivity contribution in [1.82, 2.24) is 29.2 Å². The summed E-state index contributed by atoms with van der Waals surface area (Å²) in [6.45, 7) is 8.26. The van der Waals surface area contributed by atoms with Crippen LogP contribution in [-0.2, 0) is 16.6 Å². The lowest BCUT2D eigenvalue weighted by Crippen LogP contribution is -2.42. The largest absolute Gasteiger partial charge is 0.490 e. The van der Waals surface area contributed by atoms with Crippen molar-refractivity contribution in [1.29, 1.82) is 0 Å². The van der Waals surface area contributed by atoms with E-state index in [-0.39, 0.29) is 42.5 Å². The Morgan fingerprint density at radius 3 is 2.72 bits per heavy atom. The number of pyridine rings is 1. The number of carbonyl (C=O) groups is 1. The van der Waals surface area contributed by atoms with Gasteiger partial charge in [0.15, 0.2) is 5.58 Å². The zero-order chi connectivity index (χ0) is 33.0. The number of hydrogen-bond donors (Lipinski definition) is 0. The first-order valence-electron chi connectivity index (χ1n) is 15.2. The molecular weight excluding hydrogens is 606 g/mol. The van der Waals surface area contributed by atoms with Crippen LogP contribution in [-0.4, -0.2) is 62.0 Å². The van der Waals surface area contributed by atoms with Crippen LogP contribution in [0.5, 0.6) is 5.75 Å². The molecule has 240 valence electrons. The zero-order valence-electron chi connectivity index (χ0n) is 26.3. The van der Waals surface area contributed by atoms with Gasteiger partial charge < -0.3 is 23.4 Å². The van der Waals surface area contributed by atoms with Gasteiger partial charge in [0.2, 0.25) is 5.91 Å². The summed E-state index contributed by atoms with van der Waals surface area (Å²) in [6, 6.07) is 10.9. The van der Waals surface area contributed by atoms with E-state index in [1.807, 2.05) is 54.4 Å². The van der Waals surface area contributed by atoms with Gasteiger partial charge in [-0.15, -0.1) is 0 Å². The van der Waals surface area contributed by atoms with Crippen molar-refractivity contribution >= 4 is 27.9 Å². The second-order valence-electron chi connectivity index (χ2n) is 11.6. The summed E-state index contributed by atoms with van der Waals surface area (Å²) in [7, 11) is 3.43. The maximum atomic E-state index is 16.1. The van der Waals surface area contributed by atoms with Crippen LogP contribution in [0, 0.1) is 11.6 Å². The standard InChI is InChI=1S/C35H32F2N6O4/c1-6-30(44)42-17-19(2)43-28(20(42)3)16-26(40-43)34-31(32-24(37)14-22(36)15-29(32)46-12-11-45-5)23-9-10-47-35(23)33(39-34)21-7-8-27-25(13-21)38-18-41(27)4/h6-10,13-16,18-20H,1,11-12,17H2,2-5H3. The van der Waals surface area contributed by atoms with E-state index in [1.165, 1.54) is 19.4 Å². The van der Waals surface area contributed by atoms with E-state index in [0.717, 1.165) is 34.4 Å². The van der Waals surface area contributed by atoms with Gasteiger partial charge in [-0.05, 0) is 44.2 Å². The van der Waals surface area contributed by atoms with Crippen LogP contribution in [0.1, 0.15) is 31.6 Å². The number of aromatic nitrogens is 5. The monoisotopic (exact) mass is 638 g/mol. The van der Waals surface area contributed by atoms with Crippen molar-refractivity contribution in [2.24, 2.45) is 7.05 Å². The van der Waals surface area contributed by atoms with Gasteiger partial charge in [-0.2, -0.15) is 5.10 Å². The Morgan fingerprint density at radius 1 is 1.11 bits per heavy atom. The molecule has 2 atom stereocenters. The number of methoxy groups -OCH3 is 1. The van der Waals surface area contributed by atoms with Gasteiger partial charge >= 0.3 is 0 Å². The fraction of sp³-hybridized carbons (Fsp3) is 0.257. The van der Waals surface area contributed by atoms with Gasteiger partial charge in [-0.1, -0.05) is 12.6 Å².